The number of carbonyl (C=O) groups is 2. The third-order valence-electron chi connectivity index (χ3n) is 2.47. The second-order valence-electron chi connectivity index (χ2n) is 4.86. The summed E-state index contributed by atoms with van der Waals surface area (Å²) >= 11 is 16.4. The van der Waals surface area contributed by atoms with Crippen molar-refractivity contribution in [2.45, 2.75) is 17.6 Å². The molecule has 0 aliphatic carbocycles. The van der Waals surface area contributed by atoms with Crippen LogP contribution in [-0.2, 0) is 9.53 Å². The van der Waals surface area contributed by atoms with Gasteiger partial charge in [-0.3, -0.25) is 4.79 Å². The summed E-state index contributed by atoms with van der Waals surface area (Å²) in [6.07, 6.45) is 0. The topological polar surface area (TPSA) is 64.6 Å². The first-order valence-electron chi connectivity index (χ1n) is 6.38. The Morgan fingerprint density at radius 1 is 1.27 bits per heavy atom. The molecule has 0 fully saturated rings. The Labute approximate surface area is 143 Å². The molecule has 0 heterocycles. The molecule has 22 heavy (non-hydrogen) atoms. The van der Waals surface area contributed by atoms with Crippen LogP contribution in [0, 0.1) is 5.92 Å². The highest BCUT2D eigenvalue weighted by atomic mass is 35.6. The minimum atomic E-state index is -2.10. The van der Waals surface area contributed by atoms with Gasteiger partial charge in [0.25, 0.3) is 9.70 Å². The van der Waals surface area contributed by atoms with Gasteiger partial charge in [-0.25, -0.2) is 4.79 Å². The number of ether oxygens (including phenoxy) is 2. The van der Waals surface area contributed by atoms with E-state index in [1.54, 1.807) is 6.07 Å². The maximum Gasteiger partial charge on any atom is 0.341 e. The molecule has 0 aromatic heterocycles. The van der Waals surface area contributed by atoms with Gasteiger partial charge in [0.05, 0.1) is 13.7 Å². The van der Waals surface area contributed by atoms with Gasteiger partial charge in [0, 0.05) is 5.69 Å². The van der Waals surface area contributed by atoms with E-state index < -0.39 is 15.7 Å². The molecule has 1 aromatic rings. The molecule has 122 valence electrons. The zero-order valence-electron chi connectivity index (χ0n) is 12.3. The molecule has 0 unspecified atom stereocenters. The van der Waals surface area contributed by atoms with Crippen molar-refractivity contribution in [2.75, 3.05) is 19.0 Å². The highest BCUT2D eigenvalue weighted by Gasteiger charge is 2.30. The fraction of sp³-hybridized carbons (Fsp3) is 0.429. The summed E-state index contributed by atoms with van der Waals surface area (Å²) < 4.78 is 8.16. The standard InChI is InChI=1S/C14H16Cl3NO4/c1-8(2)7-22-11-5-4-9(6-10(11)12(19)21-3)18-13(20)14(15,16)17/h4-6,8H,7H2,1-3H3,(H,18,20). The van der Waals surface area contributed by atoms with Gasteiger partial charge in [-0.15, -0.1) is 0 Å². The Morgan fingerprint density at radius 3 is 2.41 bits per heavy atom. The van der Waals surface area contributed by atoms with Crippen LogP contribution in [-0.4, -0.2) is 29.4 Å². The van der Waals surface area contributed by atoms with Gasteiger partial charge in [-0.2, -0.15) is 0 Å². The van der Waals surface area contributed by atoms with Gasteiger partial charge in [-0.05, 0) is 24.1 Å². The summed E-state index contributed by atoms with van der Waals surface area (Å²) in [5.41, 5.74) is 0.457. The lowest BCUT2D eigenvalue weighted by atomic mass is 10.1. The zero-order valence-corrected chi connectivity index (χ0v) is 14.6. The molecule has 5 nitrogen and oxygen atoms in total. The molecule has 1 N–H and O–H groups in total. The number of benzene rings is 1. The van der Waals surface area contributed by atoms with E-state index in [2.05, 4.69) is 5.32 Å². The predicted molar refractivity (Wildman–Crippen MR) is 87.0 cm³/mol. The van der Waals surface area contributed by atoms with E-state index in [0.29, 0.717) is 12.4 Å². The minimum absolute atomic E-state index is 0.172. The number of hydrogen-bond acceptors (Lipinski definition) is 4. The second kappa shape index (κ2) is 7.90. The molecule has 0 radical (unpaired) electrons. The molecule has 1 rings (SSSR count). The highest BCUT2D eigenvalue weighted by molar-refractivity contribution is 6.76. The van der Waals surface area contributed by atoms with Crippen LogP contribution >= 0.6 is 34.8 Å². The van der Waals surface area contributed by atoms with Crippen molar-refractivity contribution >= 4 is 52.4 Å². The molecule has 1 amide bonds. The molecule has 1 aromatic carbocycles. The monoisotopic (exact) mass is 367 g/mol. The number of alkyl halides is 3. The Kier molecular flexibility index (Phi) is 6.78. The Morgan fingerprint density at radius 2 is 1.91 bits per heavy atom. The van der Waals surface area contributed by atoms with Gasteiger partial charge in [0.15, 0.2) is 0 Å². The number of hydrogen-bond donors (Lipinski definition) is 1. The van der Waals surface area contributed by atoms with E-state index >= 15 is 0 Å². The molecule has 0 spiro atoms. The maximum atomic E-state index is 11.8. The number of esters is 1. The molecular formula is C14H16Cl3NO4. The van der Waals surface area contributed by atoms with E-state index in [1.165, 1.54) is 19.2 Å². The summed E-state index contributed by atoms with van der Waals surface area (Å²) in [6.45, 7) is 4.39. The molecule has 0 bridgehead atoms. The van der Waals surface area contributed by atoms with Crippen LogP contribution < -0.4 is 10.1 Å². The number of amides is 1. The molecule has 0 saturated carbocycles. The number of anilines is 1. The first-order chi connectivity index (χ1) is 10.1. The molecule has 8 heteroatoms. The third kappa shape index (κ3) is 5.55. The van der Waals surface area contributed by atoms with E-state index in [4.69, 9.17) is 44.3 Å². The summed E-state index contributed by atoms with van der Waals surface area (Å²) in [6, 6.07) is 4.48. The van der Waals surface area contributed by atoms with Gasteiger partial charge in [0.1, 0.15) is 11.3 Å². The van der Waals surface area contributed by atoms with Crippen LogP contribution in [0.3, 0.4) is 0 Å². The van der Waals surface area contributed by atoms with Crippen LogP contribution in [0.1, 0.15) is 24.2 Å². The van der Waals surface area contributed by atoms with Crippen LogP contribution in [0.5, 0.6) is 5.75 Å². The molecular weight excluding hydrogens is 353 g/mol. The minimum Gasteiger partial charge on any atom is -0.492 e. The van der Waals surface area contributed by atoms with Gasteiger partial charge in [-0.1, -0.05) is 48.7 Å². The summed E-state index contributed by atoms with van der Waals surface area (Å²) in [4.78, 5) is 23.5. The lowest BCUT2D eigenvalue weighted by molar-refractivity contribution is -0.115. The Hall–Kier alpha value is -1.17. The van der Waals surface area contributed by atoms with Crippen molar-refractivity contribution in [3.05, 3.63) is 23.8 Å². The van der Waals surface area contributed by atoms with Crippen molar-refractivity contribution in [1.82, 2.24) is 0 Å². The summed E-state index contributed by atoms with van der Waals surface area (Å²) in [5.74, 6) is -0.783. The predicted octanol–water partition coefficient (Wildman–Crippen LogP) is 3.82. The Bertz CT molecular complexity index is 556. The van der Waals surface area contributed by atoms with Crippen LogP contribution in [0.15, 0.2) is 18.2 Å². The molecule has 0 aliphatic rings. The molecule has 0 aliphatic heterocycles. The molecule has 0 saturated heterocycles. The van der Waals surface area contributed by atoms with Crippen molar-refractivity contribution in [3.8, 4) is 5.75 Å². The number of rotatable bonds is 5. The summed E-state index contributed by atoms with van der Waals surface area (Å²) in [7, 11) is 1.25. The second-order valence-corrected chi connectivity index (χ2v) is 7.14. The fourth-order valence-corrected chi connectivity index (χ4v) is 1.60. The number of carbonyl (C=O) groups excluding carboxylic acids is 2. The zero-order chi connectivity index (χ0) is 16.9. The van der Waals surface area contributed by atoms with Crippen molar-refractivity contribution in [1.29, 1.82) is 0 Å². The van der Waals surface area contributed by atoms with Crippen LogP contribution in [0.4, 0.5) is 5.69 Å². The smallest absolute Gasteiger partial charge is 0.341 e. The number of halogens is 3. The first-order valence-corrected chi connectivity index (χ1v) is 7.52. The van der Waals surface area contributed by atoms with E-state index in [1.807, 2.05) is 13.8 Å². The number of methoxy groups -OCH3 is 1. The quantitative estimate of drug-likeness (QED) is 0.634. The van der Waals surface area contributed by atoms with Crippen molar-refractivity contribution in [2.24, 2.45) is 5.92 Å². The van der Waals surface area contributed by atoms with Crippen LogP contribution in [0.25, 0.3) is 0 Å². The average molecular weight is 369 g/mol. The van der Waals surface area contributed by atoms with Crippen molar-refractivity contribution < 1.29 is 19.1 Å². The third-order valence-corrected chi connectivity index (χ3v) is 2.99. The van der Waals surface area contributed by atoms with E-state index in [0.717, 1.165) is 0 Å². The first kappa shape index (κ1) is 18.9. The normalized spacial score (nSPS) is 11.2. The molecule has 0 atom stereocenters. The highest BCUT2D eigenvalue weighted by Crippen LogP contribution is 2.29. The largest absolute Gasteiger partial charge is 0.492 e. The van der Waals surface area contributed by atoms with E-state index in [9.17, 15) is 9.59 Å². The van der Waals surface area contributed by atoms with Gasteiger partial charge >= 0.3 is 5.97 Å². The fourth-order valence-electron chi connectivity index (χ4n) is 1.46. The SMILES string of the molecule is COC(=O)c1cc(NC(=O)C(Cl)(Cl)Cl)ccc1OCC(C)C. The lowest BCUT2D eigenvalue weighted by Crippen LogP contribution is -2.27. The van der Waals surface area contributed by atoms with Gasteiger partial charge < -0.3 is 14.8 Å². The Balaban J connectivity index is 3.04. The van der Waals surface area contributed by atoms with Crippen molar-refractivity contribution in [3.63, 3.8) is 0 Å². The lowest BCUT2D eigenvalue weighted by Gasteiger charge is -2.15. The van der Waals surface area contributed by atoms with Gasteiger partial charge in [0.2, 0.25) is 0 Å². The number of nitrogens with one attached hydrogen (secondary N) is 1. The summed E-state index contributed by atoms with van der Waals surface area (Å²) in [5, 5.41) is 2.40. The van der Waals surface area contributed by atoms with Crippen LogP contribution in [0.2, 0.25) is 0 Å². The average Bonchev–Trinajstić information content (AvgIpc) is 2.43. The maximum absolute atomic E-state index is 11.8. The van der Waals surface area contributed by atoms with E-state index in [-0.39, 0.29) is 17.2 Å².